The summed E-state index contributed by atoms with van der Waals surface area (Å²) in [6, 6.07) is 1.46. The first-order valence-electron chi connectivity index (χ1n) is 5.13. The van der Waals surface area contributed by atoms with Gasteiger partial charge in [0.15, 0.2) is 0 Å². The predicted octanol–water partition coefficient (Wildman–Crippen LogP) is 0.315. The molecule has 1 aliphatic rings. The molecule has 1 aromatic rings. The Labute approximate surface area is 92.8 Å². The normalized spacial score (nSPS) is 17.5. The number of aromatic carboxylic acids is 1. The van der Waals surface area contributed by atoms with Crippen LogP contribution in [0.5, 0.6) is 0 Å². The zero-order valence-corrected chi connectivity index (χ0v) is 8.81. The molecule has 0 saturated carbocycles. The van der Waals surface area contributed by atoms with E-state index >= 15 is 0 Å². The van der Waals surface area contributed by atoms with Crippen LogP contribution in [0.4, 0.5) is 0 Å². The average Bonchev–Trinajstić information content (AvgIpc) is 2.76. The van der Waals surface area contributed by atoms with Crippen molar-refractivity contribution in [1.29, 1.82) is 0 Å². The Morgan fingerprint density at radius 1 is 1.50 bits per heavy atom. The van der Waals surface area contributed by atoms with E-state index in [0.29, 0.717) is 25.5 Å². The largest absolute Gasteiger partial charge is 0.478 e. The van der Waals surface area contributed by atoms with E-state index in [9.17, 15) is 4.79 Å². The van der Waals surface area contributed by atoms with Crippen molar-refractivity contribution in [1.82, 2.24) is 10.4 Å². The fourth-order valence-electron chi connectivity index (χ4n) is 1.57. The molecule has 88 valence electrons. The number of carboxylic acid groups (broad SMARTS) is 1. The van der Waals surface area contributed by atoms with E-state index in [-0.39, 0.29) is 5.56 Å². The number of morpholine rings is 1. The fraction of sp³-hybridized carbons (Fsp3) is 0.500. The molecule has 0 bridgehead atoms. The van der Waals surface area contributed by atoms with Crippen LogP contribution < -0.4 is 5.43 Å². The first-order chi connectivity index (χ1) is 7.77. The number of carboxylic acids is 1. The van der Waals surface area contributed by atoms with E-state index in [0.717, 1.165) is 13.1 Å². The number of nitrogens with one attached hydrogen (secondary N) is 1. The highest BCUT2D eigenvalue weighted by Crippen LogP contribution is 2.10. The highest BCUT2D eigenvalue weighted by Gasteiger charge is 2.15. The van der Waals surface area contributed by atoms with Crippen LogP contribution in [-0.2, 0) is 11.3 Å². The molecule has 0 atom stereocenters. The van der Waals surface area contributed by atoms with Crippen molar-refractivity contribution in [3.8, 4) is 0 Å². The van der Waals surface area contributed by atoms with E-state index in [1.54, 1.807) is 0 Å². The molecule has 0 unspecified atom stereocenters. The SMILES string of the molecule is O=C(O)c1ccoc1CNN1CCOCC1. The Morgan fingerprint density at radius 2 is 2.25 bits per heavy atom. The summed E-state index contributed by atoms with van der Waals surface area (Å²) in [5, 5.41) is 10.9. The lowest BCUT2D eigenvalue weighted by molar-refractivity contribution is 0.00933. The topological polar surface area (TPSA) is 74.9 Å². The average molecular weight is 226 g/mol. The lowest BCUT2D eigenvalue weighted by atomic mass is 10.2. The lowest BCUT2D eigenvalue weighted by Crippen LogP contribution is -2.45. The molecule has 0 radical (unpaired) electrons. The van der Waals surface area contributed by atoms with Crippen LogP contribution in [0.3, 0.4) is 0 Å². The van der Waals surface area contributed by atoms with Crippen molar-refractivity contribution >= 4 is 5.97 Å². The van der Waals surface area contributed by atoms with Gasteiger partial charge in [-0.1, -0.05) is 0 Å². The lowest BCUT2D eigenvalue weighted by Gasteiger charge is -2.26. The third kappa shape index (κ3) is 2.60. The van der Waals surface area contributed by atoms with Gasteiger partial charge in [-0.05, 0) is 6.07 Å². The van der Waals surface area contributed by atoms with Gasteiger partial charge in [0.05, 0.1) is 26.0 Å². The van der Waals surface area contributed by atoms with Gasteiger partial charge in [-0.15, -0.1) is 0 Å². The van der Waals surface area contributed by atoms with Crippen molar-refractivity contribution in [3.05, 3.63) is 23.7 Å². The van der Waals surface area contributed by atoms with Gasteiger partial charge in [0.1, 0.15) is 11.3 Å². The van der Waals surface area contributed by atoms with Crippen molar-refractivity contribution in [3.63, 3.8) is 0 Å². The molecular formula is C10H14N2O4. The van der Waals surface area contributed by atoms with Gasteiger partial charge >= 0.3 is 5.97 Å². The summed E-state index contributed by atoms with van der Waals surface area (Å²) in [5.74, 6) is -0.522. The molecule has 1 aliphatic heterocycles. The van der Waals surface area contributed by atoms with Crippen LogP contribution in [0.25, 0.3) is 0 Å². The Hall–Kier alpha value is -1.37. The van der Waals surface area contributed by atoms with Gasteiger partial charge < -0.3 is 14.3 Å². The summed E-state index contributed by atoms with van der Waals surface area (Å²) in [5.41, 5.74) is 3.32. The number of ether oxygens (including phenoxy) is 1. The van der Waals surface area contributed by atoms with E-state index in [2.05, 4.69) is 5.43 Å². The van der Waals surface area contributed by atoms with Crippen LogP contribution >= 0.6 is 0 Å². The second-order valence-corrected chi connectivity index (χ2v) is 3.50. The highest BCUT2D eigenvalue weighted by atomic mass is 16.5. The minimum Gasteiger partial charge on any atom is -0.478 e. The molecule has 1 aromatic heterocycles. The number of furan rings is 1. The molecule has 2 N–H and O–H groups in total. The predicted molar refractivity (Wildman–Crippen MR) is 54.9 cm³/mol. The Balaban J connectivity index is 1.88. The molecule has 1 fully saturated rings. The summed E-state index contributed by atoms with van der Waals surface area (Å²) in [7, 11) is 0. The molecule has 2 rings (SSSR count). The van der Waals surface area contributed by atoms with Crippen LogP contribution in [0.2, 0.25) is 0 Å². The van der Waals surface area contributed by atoms with Crippen LogP contribution in [0, 0.1) is 0 Å². The number of hydrogen-bond donors (Lipinski definition) is 2. The smallest absolute Gasteiger partial charge is 0.339 e. The zero-order chi connectivity index (χ0) is 11.4. The van der Waals surface area contributed by atoms with Gasteiger partial charge in [-0.2, -0.15) is 0 Å². The van der Waals surface area contributed by atoms with Gasteiger partial charge in [-0.25, -0.2) is 15.2 Å². The standard InChI is InChI=1S/C10H14N2O4/c13-10(14)8-1-4-16-9(8)7-11-12-2-5-15-6-3-12/h1,4,11H,2-3,5-7H2,(H,13,14). The molecule has 0 aromatic carbocycles. The van der Waals surface area contributed by atoms with Crippen LogP contribution in [0.1, 0.15) is 16.1 Å². The minimum atomic E-state index is -0.965. The summed E-state index contributed by atoms with van der Waals surface area (Å²) in [4.78, 5) is 10.8. The van der Waals surface area contributed by atoms with Crippen molar-refractivity contribution in [2.75, 3.05) is 26.3 Å². The number of carbonyl (C=O) groups is 1. The first kappa shape index (κ1) is 11.1. The molecule has 0 spiro atoms. The molecule has 6 nitrogen and oxygen atoms in total. The third-order valence-corrected chi connectivity index (χ3v) is 2.45. The molecule has 0 aliphatic carbocycles. The maximum absolute atomic E-state index is 10.8. The number of nitrogens with zero attached hydrogens (tertiary/aromatic N) is 1. The molecular weight excluding hydrogens is 212 g/mol. The van der Waals surface area contributed by atoms with E-state index in [4.69, 9.17) is 14.3 Å². The maximum Gasteiger partial charge on any atom is 0.339 e. The second kappa shape index (κ2) is 5.11. The van der Waals surface area contributed by atoms with Gasteiger partial charge in [-0.3, -0.25) is 0 Å². The quantitative estimate of drug-likeness (QED) is 0.769. The number of hydrazine groups is 1. The molecule has 0 amide bonds. The number of hydrogen-bond acceptors (Lipinski definition) is 5. The molecule has 16 heavy (non-hydrogen) atoms. The molecule has 2 heterocycles. The van der Waals surface area contributed by atoms with Crippen LogP contribution in [0.15, 0.2) is 16.7 Å². The van der Waals surface area contributed by atoms with Crippen molar-refractivity contribution < 1.29 is 19.1 Å². The van der Waals surface area contributed by atoms with Gasteiger partial charge in [0, 0.05) is 13.1 Å². The summed E-state index contributed by atoms with van der Waals surface area (Å²) in [6.45, 7) is 3.36. The maximum atomic E-state index is 10.8. The van der Waals surface area contributed by atoms with Crippen molar-refractivity contribution in [2.45, 2.75) is 6.54 Å². The Morgan fingerprint density at radius 3 is 2.94 bits per heavy atom. The monoisotopic (exact) mass is 226 g/mol. The Kier molecular flexibility index (Phi) is 3.55. The van der Waals surface area contributed by atoms with E-state index in [1.807, 2.05) is 5.01 Å². The van der Waals surface area contributed by atoms with Crippen LogP contribution in [-0.4, -0.2) is 42.4 Å². The van der Waals surface area contributed by atoms with E-state index in [1.165, 1.54) is 12.3 Å². The Bertz CT molecular complexity index is 357. The first-order valence-corrected chi connectivity index (χ1v) is 5.13. The van der Waals surface area contributed by atoms with Gasteiger partial charge in [0.25, 0.3) is 0 Å². The minimum absolute atomic E-state index is 0.209. The number of rotatable bonds is 4. The van der Waals surface area contributed by atoms with Crippen molar-refractivity contribution in [2.24, 2.45) is 0 Å². The fourth-order valence-corrected chi connectivity index (χ4v) is 1.57. The highest BCUT2D eigenvalue weighted by molar-refractivity contribution is 5.88. The molecule has 1 saturated heterocycles. The third-order valence-electron chi connectivity index (χ3n) is 2.45. The summed E-state index contributed by atoms with van der Waals surface area (Å²) in [6.07, 6.45) is 1.39. The summed E-state index contributed by atoms with van der Waals surface area (Å²) < 4.78 is 10.3. The summed E-state index contributed by atoms with van der Waals surface area (Å²) >= 11 is 0. The zero-order valence-electron chi connectivity index (χ0n) is 8.81. The second-order valence-electron chi connectivity index (χ2n) is 3.50. The molecule has 6 heteroatoms. The van der Waals surface area contributed by atoms with Gasteiger partial charge in [0.2, 0.25) is 0 Å². The van der Waals surface area contributed by atoms with E-state index < -0.39 is 5.97 Å².